The number of nitrogens with zero attached hydrogens (tertiary/aromatic N) is 2. The van der Waals surface area contributed by atoms with E-state index in [1.54, 1.807) is 36.4 Å². The summed E-state index contributed by atoms with van der Waals surface area (Å²) >= 11 is 12.4. The fraction of sp³-hybridized carbons (Fsp3) is 0.360. The molecule has 0 aromatic heterocycles. The zero-order chi connectivity index (χ0) is 24.5. The third-order valence-corrected chi connectivity index (χ3v) is 7.11. The maximum absolute atomic E-state index is 13.2. The van der Waals surface area contributed by atoms with Crippen LogP contribution in [0.2, 0.25) is 10.0 Å². The molecule has 3 aliphatic heterocycles. The summed E-state index contributed by atoms with van der Waals surface area (Å²) in [5.41, 5.74) is 0.928. The number of rotatable bonds is 5. The number of hydrogen-bond acceptors (Lipinski definition) is 7. The highest BCUT2D eigenvalue weighted by Gasteiger charge is 2.46. The minimum absolute atomic E-state index is 0.00737. The van der Waals surface area contributed by atoms with E-state index in [1.807, 2.05) is 0 Å². The third kappa shape index (κ3) is 4.71. The van der Waals surface area contributed by atoms with Crippen molar-refractivity contribution in [2.45, 2.75) is 6.04 Å². The van der Waals surface area contributed by atoms with E-state index in [9.17, 15) is 14.7 Å². The maximum atomic E-state index is 13.2. The molecule has 35 heavy (non-hydrogen) atoms. The van der Waals surface area contributed by atoms with Crippen molar-refractivity contribution in [3.63, 3.8) is 0 Å². The van der Waals surface area contributed by atoms with Gasteiger partial charge in [0.15, 0.2) is 11.5 Å². The van der Waals surface area contributed by atoms with Crippen LogP contribution in [0.15, 0.2) is 42.0 Å². The van der Waals surface area contributed by atoms with Crippen LogP contribution >= 0.6 is 23.2 Å². The summed E-state index contributed by atoms with van der Waals surface area (Å²) in [6.07, 6.45) is 0. The zero-order valence-electron chi connectivity index (χ0n) is 18.8. The van der Waals surface area contributed by atoms with Crippen molar-refractivity contribution in [1.29, 1.82) is 0 Å². The van der Waals surface area contributed by atoms with Crippen LogP contribution in [0.1, 0.15) is 17.2 Å². The lowest BCUT2D eigenvalue weighted by Crippen LogP contribution is -2.42. The van der Waals surface area contributed by atoms with Gasteiger partial charge in [-0.1, -0.05) is 29.3 Å². The van der Waals surface area contributed by atoms with Crippen LogP contribution in [0.4, 0.5) is 0 Å². The first kappa shape index (κ1) is 23.9. The summed E-state index contributed by atoms with van der Waals surface area (Å²) in [6, 6.07) is 9.05. The molecule has 0 saturated carbocycles. The van der Waals surface area contributed by atoms with Crippen molar-refractivity contribution in [1.82, 2.24) is 9.80 Å². The lowest BCUT2D eigenvalue weighted by Gasteiger charge is -2.31. The molecule has 184 valence electrons. The number of Topliss-reactive ketones (excluding diaryl/α,β-unsaturated/α-hetero) is 1. The number of aliphatic hydroxyl groups is 1. The lowest BCUT2D eigenvalue weighted by atomic mass is 9.95. The number of ketones is 1. The molecule has 0 aliphatic carbocycles. The van der Waals surface area contributed by atoms with Gasteiger partial charge in [-0.3, -0.25) is 14.5 Å². The number of morpholine rings is 1. The number of carbonyl (C=O) groups is 2. The number of aliphatic hydroxyl groups excluding tert-OH is 1. The van der Waals surface area contributed by atoms with Crippen molar-refractivity contribution < 1.29 is 28.9 Å². The number of carbonyl (C=O) groups excluding carboxylic acids is 2. The molecule has 3 heterocycles. The van der Waals surface area contributed by atoms with E-state index in [0.717, 1.165) is 13.1 Å². The van der Waals surface area contributed by atoms with Gasteiger partial charge < -0.3 is 24.2 Å². The van der Waals surface area contributed by atoms with E-state index < -0.39 is 17.7 Å². The van der Waals surface area contributed by atoms with E-state index >= 15 is 0 Å². The monoisotopic (exact) mass is 518 g/mol. The van der Waals surface area contributed by atoms with Gasteiger partial charge in [-0.05, 0) is 35.9 Å². The van der Waals surface area contributed by atoms with E-state index in [-0.39, 0.29) is 11.3 Å². The van der Waals surface area contributed by atoms with Crippen molar-refractivity contribution in [3.8, 4) is 11.5 Å². The Morgan fingerprint density at radius 3 is 2.40 bits per heavy atom. The number of amides is 1. The molecule has 0 radical (unpaired) electrons. The Labute approximate surface area is 212 Å². The second kappa shape index (κ2) is 10.1. The standard InChI is InChI=1S/C25H24Cl2N2O6/c26-17-3-1-15(13-18(17)27)22-21(23(30)16-2-4-19-20(14-16)35-12-11-34-19)24(31)25(32)29(22)6-5-28-7-9-33-10-8-28/h1-4,13-14,22,30H,5-12H2. The average molecular weight is 519 g/mol. The Kier molecular flexibility index (Phi) is 6.88. The van der Waals surface area contributed by atoms with Gasteiger partial charge in [-0.25, -0.2) is 0 Å². The van der Waals surface area contributed by atoms with Crippen molar-refractivity contribution >= 4 is 40.7 Å². The number of ether oxygens (including phenoxy) is 3. The Bertz CT molecular complexity index is 1190. The predicted molar refractivity (Wildman–Crippen MR) is 130 cm³/mol. The first-order valence-corrected chi connectivity index (χ1v) is 12.1. The molecular weight excluding hydrogens is 495 g/mol. The molecule has 2 aromatic carbocycles. The minimum Gasteiger partial charge on any atom is -0.507 e. The van der Waals surface area contributed by atoms with Gasteiger partial charge in [0.25, 0.3) is 11.7 Å². The van der Waals surface area contributed by atoms with Crippen LogP contribution in [0, 0.1) is 0 Å². The first-order valence-electron chi connectivity index (χ1n) is 11.4. The van der Waals surface area contributed by atoms with Gasteiger partial charge in [0.05, 0.1) is 34.9 Å². The van der Waals surface area contributed by atoms with Gasteiger partial charge >= 0.3 is 0 Å². The Balaban J connectivity index is 1.55. The van der Waals surface area contributed by atoms with E-state index in [4.69, 9.17) is 37.4 Å². The molecule has 10 heteroatoms. The first-order chi connectivity index (χ1) is 16.9. The average Bonchev–Trinajstić information content (AvgIpc) is 3.14. The molecule has 2 saturated heterocycles. The summed E-state index contributed by atoms with van der Waals surface area (Å²) in [7, 11) is 0. The molecule has 1 amide bonds. The lowest BCUT2D eigenvalue weighted by molar-refractivity contribution is -0.140. The Hall–Kier alpha value is -2.78. The molecular formula is C25H24Cl2N2O6. The van der Waals surface area contributed by atoms with Gasteiger partial charge in [0.2, 0.25) is 0 Å². The predicted octanol–water partition coefficient (Wildman–Crippen LogP) is 3.52. The van der Waals surface area contributed by atoms with E-state index in [2.05, 4.69) is 4.90 Å². The molecule has 1 atom stereocenters. The van der Waals surface area contributed by atoms with Crippen LogP contribution < -0.4 is 9.47 Å². The van der Waals surface area contributed by atoms with Gasteiger partial charge in [0.1, 0.15) is 19.0 Å². The summed E-state index contributed by atoms with van der Waals surface area (Å²) in [5.74, 6) is -0.693. The molecule has 3 aliphatic rings. The van der Waals surface area contributed by atoms with Crippen LogP contribution in [0.25, 0.3) is 5.76 Å². The van der Waals surface area contributed by atoms with Gasteiger partial charge in [0, 0.05) is 31.7 Å². The highest BCUT2D eigenvalue weighted by molar-refractivity contribution is 6.46. The topological polar surface area (TPSA) is 88.5 Å². The molecule has 2 aromatic rings. The summed E-state index contributed by atoms with van der Waals surface area (Å²) in [6.45, 7) is 4.43. The molecule has 1 unspecified atom stereocenters. The number of fused-ring (bicyclic) bond motifs is 1. The molecule has 5 rings (SSSR count). The van der Waals surface area contributed by atoms with Crippen LogP contribution in [0.5, 0.6) is 11.5 Å². The third-order valence-electron chi connectivity index (χ3n) is 6.38. The number of benzene rings is 2. The quantitative estimate of drug-likeness (QED) is 0.368. The zero-order valence-corrected chi connectivity index (χ0v) is 20.3. The number of likely N-dealkylation sites (tertiary alicyclic amines) is 1. The maximum Gasteiger partial charge on any atom is 0.295 e. The highest BCUT2D eigenvalue weighted by Crippen LogP contribution is 2.42. The second-order valence-corrected chi connectivity index (χ2v) is 9.29. The smallest absolute Gasteiger partial charge is 0.295 e. The highest BCUT2D eigenvalue weighted by atomic mass is 35.5. The van der Waals surface area contributed by atoms with Crippen molar-refractivity contribution in [3.05, 3.63) is 63.1 Å². The molecule has 0 spiro atoms. The Morgan fingerprint density at radius 2 is 1.66 bits per heavy atom. The fourth-order valence-electron chi connectivity index (χ4n) is 4.56. The largest absolute Gasteiger partial charge is 0.507 e. The fourth-order valence-corrected chi connectivity index (χ4v) is 4.87. The minimum atomic E-state index is -0.820. The summed E-state index contributed by atoms with van der Waals surface area (Å²) < 4.78 is 16.6. The van der Waals surface area contributed by atoms with E-state index in [0.29, 0.717) is 72.2 Å². The van der Waals surface area contributed by atoms with Crippen molar-refractivity contribution in [2.75, 3.05) is 52.6 Å². The summed E-state index contributed by atoms with van der Waals surface area (Å²) in [5, 5.41) is 11.9. The Morgan fingerprint density at radius 1 is 0.914 bits per heavy atom. The number of hydrogen-bond donors (Lipinski definition) is 1. The molecule has 8 nitrogen and oxygen atoms in total. The SMILES string of the molecule is O=C1C(=O)N(CCN2CCOCC2)C(c2ccc(Cl)c(Cl)c2)C1=C(O)c1ccc2c(c1)OCCO2. The molecule has 1 N–H and O–H groups in total. The van der Waals surface area contributed by atoms with Crippen LogP contribution in [0.3, 0.4) is 0 Å². The normalized spacial score (nSPS) is 22.0. The van der Waals surface area contributed by atoms with Gasteiger partial charge in [-0.15, -0.1) is 0 Å². The van der Waals surface area contributed by atoms with Gasteiger partial charge in [-0.2, -0.15) is 0 Å². The second-order valence-electron chi connectivity index (χ2n) is 8.48. The van der Waals surface area contributed by atoms with Crippen LogP contribution in [-0.4, -0.2) is 79.2 Å². The van der Waals surface area contributed by atoms with Crippen molar-refractivity contribution in [2.24, 2.45) is 0 Å². The number of halogens is 2. The van der Waals surface area contributed by atoms with Crippen LogP contribution in [-0.2, 0) is 14.3 Å². The molecule has 0 bridgehead atoms. The van der Waals surface area contributed by atoms with E-state index in [1.165, 1.54) is 4.90 Å². The summed E-state index contributed by atoms with van der Waals surface area (Å²) in [4.78, 5) is 30.1. The molecule has 2 fully saturated rings.